The van der Waals surface area contributed by atoms with Gasteiger partial charge in [-0.15, -0.1) is 11.3 Å². The van der Waals surface area contributed by atoms with Crippen LogP contribution in [0, 0.1) is 0 Å². The van der Waals surface area contributed by atoms with Crippen LogP contribution in [0.2, 0.25) is 0 Å². The summed E-state index contributed by atoms with van der Waals surface area (Å²) in [6, 6.07) is 3.63. The zero-order chi connectivity index (χ0) is 12.5. The van der Waals surface area contributed by atoms with Crippen LogP contribution in [-0.4, -0.2) is 20.4 Å². The molecule has 0 aromatic carbocycles. The van der Waals surface area contributed by atoms with Crippen molar-refractivity contribution in [3.63, 3.8) is 0 Å². The number of nitrogens with zero attached hydrogens (tertiary/aromatic N) is 1. The third-order valence-electron chi connectivity index (χ3n) is 2.25. The van der Waals surface area contributed by atoms with Crippen molar-refractivity contribution in [3.8, 4) is 0 Å². The Balaban J connectivity index is 1.96. The van der Waals surface area contributed by atoms with Crippen LogP contribution in [0.5, 0.6) is 0 Å². The Labute approximate surface area is 104 Å². The highest BCUT2D eigenvalue weighted by Crippen LogP contribution is 2.21. The van der Waals surface area contributed by atoms with E-state index in [2.05, 4.69) is 10.3 Å². The van der Waals surface area contributed by atoms with E-state index in [0.29, 0.717) is 18.5 Å². The zero-order valence-electron chi connectivity index (χ0n) is 9.09. The number of hydrogen-bond acceptors (Lipinski definition) is 4. The average molecular weight is 274 g/mol. The molecule has 1 fully saturated rings. The number of guanidine groups is 1. The first-order chi connectivity index (χ1) is 7.95. The van der Waals surface area contributed by atoms with Crippen molar-refractivity contribution in [3.05, 3.63) is 17.0 Å². The van der Waals surface area contributed by atoms with Crippen LogP contribution in [0.3, 0.4) is 0 Å². The highest BCUT2D eigenvalue weighted by atomic mass is 32.2. The molecular weight excluding hydrogens is 260 g/mol. The first kappa shape index (κ1) is 12.3. The van der Waals surface area contributed by atoms with E-state index in [1.54, 1.807) is 6.07 Å². The monoisotopic (exact) mass is 274 g/mol. The third kappa shape index (κ3) is 3.69. The molecule has 17 heavy (non-hydrogen) atoms. The van der Waals surface area contributed by atoms with Gasteiger partial charge in [-0.3, -0.25) is 0 Å². The molecule has 5 N–H and O–H groups in total. The molecule has 0 spiro atoms. The molecule has 1 aromatic rings. The molecule has 0 radical (unpaired) electrons. The van der Waals surface area contributed by atoms with Crippen molar-refractivity contribution in [1.29, 1.82) is 0 Å². The maximum absolute atomic E-state index is 11.1. The predicted molar refractivity (Wildman–Crippen MR) is 67.2 cm³/mol. The molecular formula is C9H14N4O2S2. The molecule has 0 bridgehead atoms. The maximum atomic E-state index is 11.1. The van der Waals surface area contributed by atoms with Gasteiger partial charge in [0.2, 0.25) is 10.0 Å². The van der Waals surface area contributed by atoms with Crippen molar-refractivity contribution in [2.24, 2.45) is 15.9 Å². The van der Waals surface area contributed by atoms with Gasteiger partial charge in [-0.1, -0.05) is 0 Å². The van der Waals surface area contributed by atoms with Gasteiger partial charge in [0.05, 0.1) is 6.54 Å². The van der Waals surface area contributed by atoms with E-state index in [0.717, 1.165) is 29.1 Å². The predicted octanol–water partition coefficient (Wildman–Crippen LogP) is -0.0378. The second-order valence-corrected chi connectivity index (χ2v) is 6.84. The molecule has 1 aliphatic rings. The largest absolute Gasteiger partial charge is 0.370 e. The van der Waals surface area contributed by atoms with Crippen LogP contribution < -0.4 is 16.2 Å². The Morgan fingerprint density at radius 1 is 1.53 bits per heavy atom. The summed E-state index contributed by atoms with van der Waals surface area (Å²) in [5, 5.41) is 8.06. The summed E-state index contributed by atoms with van der Waals surface area (Å²) in [6.45, 7) is 0.367. The first-order valence-corrected chi connectivity index (χ1v) is 7.49. The van der Waals surface area contributed by atoms with Gasteiger partial charge in [-0.05, 0) is 25.0 Å². The lowest BCUT2D eigenvalue weighted by molar-refractivity contribution is 0.600. The third-order valence-corrected chi connectivity index (χ3v) is 4.76. The first-order valence-electron chi connectivity index (χ1n) is 5.13. The van der Waals surface area contributed by atoms with E-state index in [9.17, 15) is 8.42 Å². The Bertz CT molecular complexity index is 531. The van der Waals surface area contributed by atoms with Crippen LogP contribution in [0.15, 0.2) is 21.3 Å². The van der Waals surface area contributed by atoms with Gasteiger partial charge in [0.15, 0.2) is 5.96 Å². The average Bonchev–Trinajstić information content (AvgIpc) is 2.90. The zero-order valence-corrected chi connectivity index (χ0v) is 10.7. The molecule has 6 nitrogen and oxygen atoms in total. The van der Waals surface area contributed by atoms with E-state index >= 15 is 0 Å². The lowest BCUT2D eigenvalue weighted by atomic mass is 10.5. The summed E-state index contributed by atoms with van der Waals surface area (Å²) in [6.07, 6.45) is 2.26. The van der Waals surface area contributed by atoms with Crippen LogP contribution >= 0.6 is 11.3 Å². The fourth-order valence-electron chi connectivity index (χ4n) is 1.24. The topological polar surface area (TPSA) is 111 Å². The van der Waals surface area contributed by atoms with E-state index in [4.69, 9.17) is 10.9 Å². The smallest absolute Gasteiger partial charge is 0.247 e. The van der Waals surface area contributed by atoms with Gasteiger partial charge in [0.1, 0.15) is 4.21 Å². The number of hydrogen-bond donors (Lipinski definition) is 3. The summed E-state index contributed by atoms with van der Waals surface area (Å²) < 4.78 is 22.3. The van der Waals surface area contributed by atoms with Crippen molar-refractivity contribution >= 4 is 27.3 Å². The highest BCUT2D eigenvalue weighted by molar-refractivity contribution is 7.91. The molecule has 0 aliphatic heterocycles. The van der Waals surface area contributed by atoms with Crippen LogP contribution in [0.1, 0.15) is 17.7 Å². The SMILES string of the molecule is NC(=NCc1ccc(S(N)(=O)=O)s1)NC1CC1. The molecule has 1 aliphatic carbocycles. The Morgan fingerprint density at radius 2 is 2.24 bits per heavy atom. The molecule has 0 atom stereocenters. The normalized spacial score (nSPS) is 17.1. The van der Waals surface area contributed by atoms with Gasteiger partial charge in [0, 0.05) is 10.9 Å². The van der Waals surface area contributed by atoms with Crippen molar-refractivity contribution in [2.45, 2.75) is 29.6 Å². The van der Waals surface area contributed by atoms with Gasteiger partial charge >= 0.3 is 0 Å². The number of thiophene rings is 1. The lowest BCUT2D eigenvalue weighted by Gasteiger charge is -2.01. The fourth-order valence-corrected chi connectivity index (χ4v) is 2.94. The summed E-state index contributed by atoms with van der Waals surface area (Å²) >= 11 is 1.11. The fraction of sp³-hybridized carbons (Fsp3) is 0.444. The Morgan fingerprint density at radius 3 is 2.76 bits per heavy atom. The van der Waals surface area contributed by atoms with Crippen LogP contribution in [0.25, 0.3) is 0 Å². The minimum Gasteiger partial charge on any atom is -0.370 e. The Hall–Kier alpha value is -1.12. The summed E-state index contributed by atoms with van der Waals surface area (Å²) in [5.41, 5.74) is 5.66. The number of sulfonamides is 1. The van der Waals surface area contributed by atoms with Gasteiger partial charge in [-0.2, -0.15) is 0 Å². The summed E-state index contributed by atoms with van der Waals surface area (Å²) in [4.78, 5) is 4.94. The molecule has 1 aromatic heterocycles. The second-order valence-electron chi connectivity index (χ2n) is 3.89. The van der Waals surface area contributed by atoms with E-state index < -0.39 is 10.0 Å². The van der Waals surface area contributed by atoms with Gasteiger partial charge in [-0.25, -0.2) is 18.5 Å². The van der Waals surface area contributed by atoms with Crippen molar-refractivity contribution < 1.29 is 8.42 Å². The van der Waals surface area contributed by atoms with Crippen LogP contribution in [-0.2, 0) is 16.6 Å². The second kappa shape index (κ2) is 4.63. The lowest BCUT2D eigenvalue weighted by Crippen LogP contribution is -2.33. The van der Waals surface area contributed by atoms with Crippen molar-refractivity contribution in [1.82, 2.24) is 5.32 Å². The molecule has 0 unspecified atom stereocenters. The molecule has 8 heteroatoms. The van der Waals surface area contributed by atoms with Gasteiger partial charge < -0.3 is 11.1 Å². The number of rotatable bonds is 4. The molecule has 1 heterocycles. The number of aliphatic imine (C=N–C) groups is 1. The number of nitrogens with one attached hydrogen (secondary N) is 1. The van der Waals surface area contributed by atoms with Crippen molar-refractivity contribution in [2.75, 3.05) is 0 Å². The molecule has 0 saturated heterocycles. The molecule has 94 valence electrons. The summed E-state index contributed by atoms with van der Waals surface area (Å²) in [7, 11) is -3.61. The van der Waals surface area contributed by atoms with Gasteiger partial charge in [0.25, 0.3) is 0 Å². The minimum absolute atomic E-state index is 0.149. The highest BCUT2D eigenvalue weighted by Gasteiger charge is 2.21. The van der Waals surface area contributed by atoms with E-state index in [1.165, 1.54) is 6.07 Å². The number of nitrogens with two attached hydrogens (primary N) is 2. The van der Waals surface area contributed by atoms with E-state index in [-0.39, 0.29) is 4.21 Å². The minimum atomic E-state index is -3.61. The maximum Gasteiger partial charge on any atom is 0.247 e. The molecule has 0 amide bonds. The molecule has 1 saturated carbocycles. The Kier molecular flexibility index (Phi) is 3.36. The summed E-state index contributed by atoms with van der Waals surface area (Å²) in [5.74, 6) is 0.401. The standard InChI is InChI=1S/C9H14N4O2S2/c10-9(13-6-1-2-6)12-5-7-3-4-8(16-7)17(11,14)15/h3-4,6H,1-2,5H2,(H3,10,12,13)(H2,11,14,15). The quantitative estimate of drug-likeness (QED) is 0.528. The van der Waals surface area contributed by atoms with E-state index in [1.807, 2.05) is 0 Å². The molecule has 2 rings (SSSR count). The van der Waals surface area contributed by atoms with Crippen LogP contribution in [0.4, 0.5) is 0 Å². The number of primary sulfonamides is 1.